The zero-order chi connectivity index (χ0) is 25.7. The summed E-state index contributed by atoms with van der Waals surface area (Å²) < 4.78 is 20.9. The Kier molecular flexibility index (Phi) is 11.1. The Balaban J connectivity index is 2.10. The fraction of sp³-hybridized carbons (Fsp3) is 0.944. The van der Waals surface area contributed by atoms with Gasteiger partial charge in [0.2, 0.25) is 0 Å². The van der Waals surface area contributed by atoms with Crippen molar-refractivity contribution in [3.63, 3.8) is 0 Å². The van der Waals surface area contributed by atoms with Crippen LogP contribution in [0.15, 0.2) is 0 Å². The van der Waals surface area contributed by atoms with Gasteiger partial charge in [0, 0.05) is 0 Å². The summed E-state index contributed by atoms with van der Waals surface area (Å²) in [5, 5.41) is 108. The average molecular weight is 504 g/mol. The number of aldehydes is 1. The molecule has 14 atom stereocenters. The van der Waals surface area contributed by atoms with Gasteiger partial charge >= 0.3 is 0 Å². The lowest BCUT2D eigenvalue weighted by Gasteiger charge is -2.43. The molecule has 11 N–H and O–H groups in total. The molecule has 2 rings (SSSR count). The molecule has 2 aliphatic rings. The van der Waals surface area contributed by atoms with E-state index in [1.54, 1.807) is 0 Å². The number of carbonyl (C=O) groups is 1. The maximum Gasteiger partial charge on any atom is 0.187 e. The Morgan fingerprint density at radius 2 is 1.29 bits per heavy atom. The Labute approximate surface area is 192 Å². The van der Waals surface area contributed by atoms with Crippen LogP contribution in [0.2, 0.25) is 0 Å². The van der Waals surface area contributed by atoms with E-state index in [4.69, 9.17) is 24.1 Å². The van der Waals surface area contributed by atoms with Crippen LogP contribution in [0, 0.1) is 0 Å². The van der Waals surface area contributed by atoms with Gasteiger partial charge in [0.25, 0.3) is 0 Å². The highest BCUT2D eigenvalue weighted by atomic mass is 16.7. The molecular weight excluding hydrogens is 472 g/mol. The van der Waals surface area contributed by atoms with Gasteiger partial charge in [0.05, 0.1) is 19.8 Å². The maximum atomic E-state index is 11.0. The molecule has 0 saturated carbocycles. The van der Waals surface area contributed by atoms with E-state index in [9.17, 15) is 55.9 Å². The first-order chi connectivity index (χ1) is 16.0. The molecule has 2 heterocycles. The van der Waals surface area contributed by atoms with Crippen molar-refractivity contribution in [2.45, 2.75) is 85.8 Å². The van der Waals surface area contributed by atoms with Crippen LogP contribution in [0.5, 0.6) is 0 Å². The molecule has 0 aromatic rings. The minimum absolute atomic E-state index is 0.0574. The lowest BCUT2D eigenvalue weighted by atomic mass is 9.98. The monoisotopic (exact) mass is 504 g/mol. The Morgan fingerprint density at radius 1 is 0.765 bits per heavy atom. The van der Waals surface area contributed by atoms with Gasteiger partial charge in [-0.3, -0.25) is 0 Å². The van der Waals surface area contributed by atoms with Crippen LogP contribution >= 0.6 is 0 Å². The summed E-state index contributed by atoms with van der Waals surface area (Å²) in [4.78, 5) is 11.0. The Hall–Kier alpha value is -0.930. The quantitative estimate of drug-likeness (QED) is 0.117. The Bertz CT molecular complexity index is 623. The zero-order valence-corrected chi connectivity index (χ0v) is 17.7. The molecule has 0 radical (unpaired) electrons. The molecule has 2 fully saturated rings. The first-order valence-corrected chi connectivity index (χ1v) is 10.4. The Morgan fingerprint density at radius 3 is 1.82 bits per heavy atom. The van der Waals surface area contributed by atoms with E-state index in [1.807, 2.05) is 0 Å². The van der Waals surface area contributed by atoms with Gasteiger partial charge in [-0.15, -0.1) is 0 Å². The largest absolute Gasteiger partial charge is 0.394 e. The topological polar surface area (TPSA) is 277 Å². The molecule has 0 aromatic heterocycles. The van der Waals surface area contributed by atoms with E-state index in [0.29, 0.717) is 0 Å². The zero-order valence-electron chi connectivity index (χ0n) is 17.7. The van der Waals surface area contributed by atoms with Crippen molar-refractivity contribution in [3.05, 3.63) is 0 Å². The molecule has 14 unspecified atom stereocenters. The second-order valence-electron chi connectivity index (χ2n) is 8.01. The fourth-order valence-electron chi connectivity index (χ4n) is 3.48. The van der Waals surface area contributed by atoms with Crippen molar-refractivity contribution < 1.29 is 79.9 Å². The minimum Gasteiger partial charge on any atom is -0.394 e. The summed E-state index contributed by atoms with van der Waals surface area (Å²) in [5.41, 5.74) is 0. The lowest BCUT2D eigenvalue weighted by molar-refractivity contribution is -0.342. The van der Waals surface area contributed by atoms with Crippen LogP contribution in [-0.2, 0) is 23.7 Å². The van der Waals surface area contributed by atoms with E-state index >= 15 is 0 Å². The molecule has 2 saturated heterocycles. The van der Waals surface area contributed by atoms with Crippen molar-refractivity contribution in [2.75, 3.05) is 19.8 Å². The molecule has 16 heteroatoms. The van der Waals surface area contributed by atoms with Crippen LogP contribution < -0.4 is 0 Å². The predicted octanol–water partition coefficient (Wildman–Crippen LogP) is -7.73. The lowest BCUT2D eigenvalue weighted by Crippen LogP contribution is -2.63. The van der Waals surface area contributed by atoms with Gasteiger partial charge in [-0.05, 0) is 0 Å². The number of hydrogen-bond acceptors (Lipinski definition) is 16. The second-order valence-corrected chi connectivity index (χ2v) is 8.01. The van der Waals surface area contributed by atoms with Crippen molar-refractivity contribution in [2.24, 2.45) is 0 Å². The SMILES string of the molecule is O=CC(O)C(OC1OC(COC2OC(CO)C(O)C(O)C2O)C(O)C(O)C1O)C(O)C(O)CO. The van der Waals surface area contributed by atoms with E-state index in [-0.39, 0.29) is 6.29 Å². The van der Waals surface area contributed by atoms with E-state index in [1.165, 1.54) is 0 Å². The number of hydrogen-bond donors (Lipinski definition) is 11. The van der Waals surface area contributed by atoms with Crippen LogP contribution in [0.4, 0.5) is 0 Å². The van der Waals surface area contributed by atoms with Crippen LogP contribution in [0.3, 0.4) is 0 Å². The molecule has 0 aliphatic carbocycles. The third-order valence-electron chi connectivity index (χ3n) is 5.63. The summed E-state index contributed by atoms with van der Waals surface area (Å²) in [7, 11) is 0. The van der Waals surface area contributed by atoms with E-state index in [0.717, 1.165) is 0 Å². The molecule has 0 bridgehead atoms. The van der Waals surface area contributed by atoms with Gasteiger partial charge in [0.15, 0.2) is 18.9 Å². The predicted molar refractivity (Wildman–Crippen MR) is 102 cm³/mol. The first-order valence-electron chi connectivity index (χ1n) is 10.4. The minimum atomic E-state index is -2.06. The van der Waals surface area contributed by atoms with Gasteiger partial charge in [-0.2, -0.15) is 0 Å². The van der Waals surface area contributed by atoms with Crippen molar-refractivity contribution in [1.29, 1.82) is 0 Å². The van der Waals surface area contributed by atoms with Gasteiger partial charge in [-0.25, -0.2) is 0 Å². The van der Waals surface area contributed by atoms with Gasteiger partial charge < -0.3 is 79.9 Å². The fourth-order valence-corrected chi connectivity index (χ4v) is 3.48. The normalized spacial score (nSPS) is 42.6. The van der Waals surface area contributed by atoms with Crippen LogP contribution in [0.25, 0.3) is 0 Å². The summed E-state index contributed by atoms with van der Waals surface area (Å²) in [6.07, 6.45) is -25.1. The van der Waals surface area contributed by atoms with Crippen molar-refractivity contribution in [3.8, 4) is 0 Å². The number of rotatable bonds is 11. The summed E-state index contributed by atoms with van der Waals surface area (Å²) >= 11 is 0. The molecular formula is C18H32O16. The number of aliphatic hydroxyl groups is 11. The summed E-state index contributed by atoms with van der Waals surface area (Å²) in [6.45, 7) is -2.37. The summed E-state index contributed by atoms with van der Waals surface area (Å²) in [6, 6.07) is 0. The van der Waals surface area contributed by atoms with Gasteiger partial charge in [-0.1, -0.05) is 0 Å². The first kappa shape index (κ1) is 29.3. The standard InChI is InChI=1S/C18H32O16/c19-1-5(22)9(24)16(6(23)2-20)34-18-15(30)13(28)11(26)8(33-18)4-31-17-14(29)12(27)10(25)7(3-21)32-17/h2,5-19,21-30H,1,3-4H2. The van der Waals surface area contributed by atoms with Crippen molar-refractivity contribution in [1.82, 2.24) is 0 Å². The second kappa shape index (κ2) is 12.9. The van der Waals surface area contributed by atoms with Crippen molar-refractivity contribution >= 4 is 6.29 Å². The molecule has 0 spiro atoms. The molecule has 0 aromatic carbocycles. The number of carbonyl (C=O) groups excluding carboxylic acids is 1. The highest BCUT2D eigenvalue weighted by molar-refractivity contribution is 5.56. The molecule has 16 nitrogen and oxygen atoms in total. The molecule has 2 aliphatic heterocycles. The van der Waals surface area contributed by atoms with E-state index in [2.05, 4.69) is 0 Å². The molecule has 0 amide bonds. The molecule has 200 valence electrons. The smallest absolute Gasteiger partial charge is 0.187 e. The number of aliphatic hydroxyl groups excluding tert-OH is 11. The van der Waals surface area contributed by atoms with E-state index < -0.39 is 106 Å². The third-order valence-corrected chi connectivity index (χ3v) is 5.63. The van der Waals surface area contributed by atoms with Crippen LogP contribution in [-0.4, -0.2) is 168 Å². The average Bonchev–Trinajstić information content (AvgIpc) is 2.84. The highest BCUT2D eigenvalue weighted by Crippen LogP contribution is 2.27. The number of ether oxygens (including phenoxy) is 4. The molecule has 34 heavy (non-hydrogen) atoms. The van der Waals surface area contributed by atoms with Gasteiger partial charge in [0.1, 0.15) is 73.2 Å². The summed E-state index contributed by atoms with van der Waals surface area (Å²) in [5.74, 6) is 0. The highest BCUT2D eigenvalue weighted by Gasteiger charge is 2.49. The maximum absolute atomic E-state index is 11.0. The van der Waals surface area contributed by atoms with Crippen LogP contribution in [0.1, 0.15) is 0 Å². The third kappa shape index (κ3) is 6.44.